The highest BCUT2D eigenvalue weighted by Gasteiger charge is 2.14. The molecule has 1 aliphatic carbocycles. The molecule has 1 aromatic heterocycles. The molecule has 2 N–H and O–H groups in total. The summed E-state index contributed by atoms with van der Waals surface area (Å²) >= 11 is 0. The molecule has 19 heavy (non-hydrogen) atoms. The van der Waals surface area contributed by atoms with Crippen molar-refractivity contribution in [3.63, 3.8) is 0 Å². The van der Waals surface area contributed by atoms with E-state index in [-0.39, 0.29) is 5.91 Å². The molecule has 0 spiro atoms. The third-order valence-corrected chi connectivity index (χ3v) is 3.31. The summed E-state index contributed by atoms with van der Waals surface area (Å²) in [5, 5.41) is 6.19. The van der Waals surface area contributed by atoms with Gasteiger partial charge in [-0.1, -0.05) is 12.8 Å². The van der Waals surface area contributed by atoms with Gasteiger partial charge in [-0.2, -0.15) is 0 Å². The molecule has 5 nitrogen and oxygen atoms in total. The normalized spacial score (nSPS) is 15.4. The van der Waals surface area contributed by atoms with E-state index < -0.39 is 0 Å². The van der Waals surface area contributed by atoms with Gasteiger partial charge in [-0.15, -0.1) is 0 Å². The van der Waals surface area contributed by atoms with Gasteiger partial charge < -0.3 is 15.4 Å². The Kier molecular flexibility index (Phi) is 5.15. The molecule has 0 aliphatic heterocycles. The van der Waals surface area contributed by atoms with Gasteiger partial charge in [-0.3, -0.25) is 4.79 Å². The van der Waals surface area contributed by atoms with E-state index in [9.17, 15) is 4.79 Å². The molecule has 1 aliphatic rings. The molecule has 1 saturated carbocycles. The van der Waals surface area contributed by atoms with Crippen molar-refractivity contribution in [3.8, 4) is 0 Å². The summed E-state index contributed by atoms with van der Waals surface area (Å²) < 4.78 is 4.88. The number of pyridine rings is 1. The number of hydrogen-bond donors (Lipinski definition) is 2. The first-order valence-corrected chi connectivity index (χ1v) is 6.79. The fraction of sp³-hybridized carbons (Fsp3) is 0.571. The van der Waals surface area contributed by atoms with Crippen LogP contribution >= 0.6 is 0 Å². The van der Waals surface area contributed by atoms with Crippen LogP contribution in [0.5, 0.6) is 0 Å². The number of hydrogen-bond acceptors (Lipinski definition) is 4. The van der Waals surface area contributed by atoms with Gasteiger partial charge in [0.25, 0.3) is 5.91 Å². The van der Waals surface area contributed by atoms with Gasteiger partial charge in [0.1, 0.15) is 5.69 Å². The van der Waals surface area contributed by atoms with Crippen molar-refractivity contribution < 1.29 is 9.53 Å². The summed E-state index contributed by atoms with van der Waals surface area (Å²) in [4.78, 5) is 15.9. The van der Waals surface area contributed by atoms with Crippen LogP contribution in [0.1, 0.15) is 36.2 Å². The van der Waals surface area contributed by atoms with Gasteiger partial charge in [0.05, 0.1) is 18.5 Å². The first kappa shape index (κ1) is 13.8. The van der Waals surface area contributed by atoms with E-state index in [0.717, 1.165) is 5.69 Å². The standard InChI is InChI=1S/C14H21N3O2/c1-19-9-8-15-14(18)13-7-6-12(10-16-13)17-11-4-2-3-5-11/h6-7,10-11,17H,2-5,8-9H2,1H3,(H,15,18). The van der Waals surface area contributed by atoms with Gasteiger partial charge >= 0.3 is 0 Å². The van der Waals surface area contributed by atoms with Gasteiger partial charge in [-0.25, -0.2) is 4.98 Å². The number of methoxy groups -OCH3 is 1. The summed E-state index contributed by atoms with van der Waals surface area (Å²) in [7, 11) is 1.61. The molecular formula is C14H21N3O2. The summed E-state index contributed by atoms with van der Waals surface area (Å²) in [5.41, 5.74) is 1.42. The Hall–Kier alpha value is -1.62. The van der Waals surface area contributed by atoms with Crippen LogP contribution < -0.4 is 10.6 Å². The van der Waals surface area contributed by atoms with Crippen LogP contribution in [0, 0.1) is 0 Å². The fourth-order valence-corrected chi connectivity index (χ4v) is 2.28. The summed E-state index contributed by atoms with van der Waals surface area (Å²) in [6, 6.07) is 4.22. The van der Waals surface area contributed by atoms with Crippen LogP contribution in [-0.4, -0.2) is 37.2 Å². The second-order valence-corrected chi connectivity index (χ2v) is 4.81. The zero-order valence-corrected chi connectivity index (χ0v) is 11.3. The first-order chi connectivity index (χ1) is 9.29. The average molecular weight is 263 g/mol. The number of carbonyl (C=O) groups excluding carboxylic acids is 1. The third kappa shape index (κ3) is 4.21. The number of carbonyl (C=O) groups is 1. The molecule has 104 valence electrons. The topological polar surface area (TPSA) is 63.2 Å². The zero-order valence-electron chi connectivity index (χ0n) is 11.3. The highest BCUT2D eigenvalue weighted by atomic mass is 16.5. The van der Waals surface area contributed by atoms with Crippen LogP contribution in [0.4, 0.5) is 5.69 Å². The van der Waals surface area contributed by atoms with E-state index in [4.69, 9.17) is 4.74 Å². The molecule has 1 amide bonds. The van der Waals surface area contributed by atoms with E-state index in [1.807, 2.05) is 6.07 Å². The van der Waals surface area contributed by atoms with Crippen LogP contribution in [-0.2, 0) is 4.74 Å². The number of ether oxygens (including phenoxy) is 1. The Bertz CT molecular complexity index is 400. The van der Waals surface area contributed by atoms with Crippen LogP contribution in [0.3, 0.4) is 0 Å². The summed E-state index contributed by atoms with van der Waals surface area (Å²) in [6.45, 7) is 1.01. The predicted molar refractivity (Wildman–Crippen MR) is 74.3 cm³/mol. The van der Waals surface area contributed by atoms with E-state index in [1.54, 1.807) is 19.4 Å². The summed E-state index contributed by atoms with van der Waals surface area (Å²) in [5.74, 6) is -0.163. The van der Waals surface area contributed by atoms with Gasteiger partial charge in [-0.05, 0) is 25.0 Å². The highest BCUT2D eigenvalue weighted by molar-refractivity contribution is 5.92. The number of amides is 1. The smallest absolute Gasteiger partial charge is 0.269 e. The van der Waals surface area contributed by atoms with E-state index in [2.05, 4.69) is 15.6 Å². The van der Waals surface area contributed by atoms with Gasteiger partial charge in [0.15, 0.2) is 0 Å². The van der Waals surface area contributed by atoms with E-state index in [0.29, 0.717) is 24.9 Å². The van der Waals surface area contributed by atoms with Gasteiger partial charge in [0.2, 0.25) is 0 Å². The zero-order chi connectivity index (χ0) is 13.5. The highest BCUT2D eigenvalue weighted by Crippen LogP contribution is 2.21. The number of nitrogens with zero attached hydrogens (tertiary/aromatic N) is 1. The maximum Gasteiger partial charge on any atom is 0.269 e. The molecule has 0 unspecified atom stereocenters. The second-order valence-electron chi connectivity index (χ2n) is 4.81. The molecule has 1 aromatic rings. The number of rotatable bonds is 6. The Morgan fingerprint density at radius 2 is 2.21 bits per heavy atom. The summed E-state index contributed by atoms with van der Waals surface area (Å²) in [6.07, 6.45) is 6.76. The number of aromatic nitrogens is 1. The average Bonchev–Trinajstić information content (AvgIpc) is 2.93. The lowest BCUT2D eigenvalue weighted by atomic mass is 10.2. The molecule has 0 atom stereocenters. The number of nitrogens with one attached hydrogen (secondary N) is 2. The van der Waals surface area contributed by atoms with Crippen LogP contribution in [0.15, 0.2) is 18.3 Å². The maximum atomic E-state index is 11.7. The van der Waals surface area contributed by atoms with Crippen LogP contribution in [0.25, 0.3) is 0 Å². The second kappa shape index (κ2) is 7.09. The van der Waals surface area contributed by atoms with Crippen molar-refractivity contribution in [2.75, 3.05) is 25.6 Å². The van der Waals surface area contributed by atoms with Crippen molar-refractivity contribution in [2.45, 2.75) is 31.7 Å². The van der Waals surface area contributed by atoms with E-state index >= 15 is 0 Å². The Labute approximate surface area is 113 Å². The lowest BCUT2D eigenvalue weighted by Gasteiger charge is -2.13. The van der Waals surface area contributed by atoms with Crippen molar-refractivity contribution in [1.29, 1.82) is 0 Å². The molecule has 0 bridgehead atoms. The Balaban J connectivity index is 1.84. The SMILES string of the molecule is COCCNC(=O)c1ccc(NC2CCCC2)cn1. The van der Waals surface area contributed by atoms with Crippen molar-refractivity contribution >= 4 is 11.6 Å². The number of anilines is 1. The van der Waals surface area contributed by atoms with Crippen molar-refractivity contribution in [2.24, 2.45) is 0 Å². The minimum Gasteiger partial charge on any atom is -0.383 e. The minimum absolute atomic E-state index is 0.163. The maximum absolute atomic E-state index is 11.7. The molecular weight excluding hydrogens is 242 g/mol. The largest absolute Gasteiger partial charge is 0.383 e. The quantitative estimate of drug-likeness (QED) is 0.768. The van der Waals surface area contributed by atoms with E-state index in [1.165, 1.54) is 25.7 Å². The molecule has 1 heterocycles. The molecule has 5 heteroatoms. The molecule has 2 rings (SSSR count). The monoisotopic (exact) mass is 263 g/mol. The third-order valence-electron chi connectivity index (χ3n) is 3.31. The Morgan fingerprint density at radius 1 is 1.42 bits per heavy atom. The fourth-order valence-electron chi connectivity index (χ4n) is 2.28. The lowest BCUT2D eigenvalue weighted by Crippen LogP contribution is -2.27. The molecule has 0 aromatic carbocycles. The van der Waals surface area contributed by atoms with Gasteiger partial charge in [0, 0.05) is 19.7 Å². The predicted octanol–water partition coefficient (Wildman–Crippen LogP) is 1.81. The molecule has 0 radical (unpaired) electrons. The van der Waals surface area contributed by atoms with Crippen molar-refractivity contribution in [1.82, 2.24) is 10.3 Å². The first-order valence-electron chi connectivity index (χ1n) is 6.79. The Morgan fingerprint density at radius 3 is 2.84 bits per heavy atom. The molecule has 1 fully saturated rings. The molecule has 0 saturated heterocycles. The lowest BCUT2D eigenvalue weighted by molar-refractivity contribution is 0.0932. The minimum atomic E-state index is -0.163. The van der Waals surface area contributed by atoms with Crippen LogP contribution in [0.2, 0.25) is 0 Å². The van der Waals surface area contributed by atoms with Crippen molar-refractivity contribution in [3.05, 3.63) is 24.0 Å².